The molecule has 1 aliphatic rings. The fourth-order valence-corrected chi connectivity index (χ4v) is 2.37. The number of aryl methyl sites for hydroxylation is 2. The van der Waals surface area contributed by atoms with Crippen molar-refractivity contribution in [3.63, 3.8) is 0 Å². The molecule has 0 aromatic heterocycles. The predicted molar refractivity (Wildman–Crippen MR) is 57.9 cm³/mol. The van der Waals surface area contributed by atoms with E-state index in [1.807, 2.05) is 0 Å². The molecule has 0 saturated heterocycles. The van der Waals surface area contributed by atoms with E-state index >= 15 is 0 Å². The van der Waals surface area contributed by atoms with Crippen LogP contribution in [-0.2, 0) is 5.60 Å². The second-order valence-electron chi connectivity index (χ2n) is 4.68. The van der Waals surface area contributed by atoms with Crippen LogP contribution in [0.25, 0.3) is 0 Å². The Morgan fingerprint density at radius 2 is 1.71 bits per heavy atom. The van der Waals surface area contributed by atoms with Crippen LogP contribution in [0.4, 0.5) is 0 Å². The Kier molecular flexibility index (Phi) is 2.15. The molecule has 1 radical (unpaired) electrons. The summed E-state index contributed by atoms with van der Waals surface area (Å²) in [4.78, 5) is 0. The smallest absolute Gasteiger partial charge is 0.0902 e. The number of hydrogen-bond donors (Lipinski definition) is 1. The zero-order valence-corrected chi connectivity index (χ0v) is 8.88. The Hall–Kier alpha value is -0.820. The minimum Gasteiger partial charge on any atom is -0.385 e. The molecule has 1 N–H and O–H groups in total. The molecule has 75 valence electrons. The highest BCUT2D eigenvalue weighted by molar-refractivity contribution is 5.34. The van der Waals surface area contributed by atoms with E-state index in [1.54, 1.807) is 0 Å². The molecule has 0 bridgehead atoms. The third-order valence-electron chi connectivity index (χ3n) is 3.01. The summed E-state index contributed by atoms with van der Waals surface area (Å²) in [5, 5.41) is 10.3. The molecule has 1 nitrogen and oxygen atoms in total. The third kappa shape index (κ3) is 1.57. The minimum absolute atomic E-state index is 0.417. The fourth-order valence-electron chi connectivity index (χ4n) is 2.37. The average molecular weight is 189 g/mol. The van der Waals surface area contributed by atoms with Gasteiger partial charge in [0.1, 0.15) is 0 Å². The molecule has 0 unspecified atom stereocenters. The molecular formula is C13H17O. The van der Waals surface area contributed by atoms with Crippen LogP contribution in [0.1, 0.15) is 29.5 Å². The van der Waals surface area contributed by atoms with E-state index in [1.165, 1.54) is 11.1 Å². The van der Waals surface area contributed by atoms with Crippen LogP contribution in [0.3, 0.4) is 0 Å². The summed E-state index contributed by atoms with van der Waals surface area (Å²) >= 11 is 0. The molecular weight excluding hydrogens is 172 g/mol. The molecule has 14 heavy (non-hydrogen) atoms. The summed E-state index contributed by atoms with van der Waals surface area (Å²) in [6.45, 7) is 8.09. The van der Waals surface area contributed by atoms with Gasteiger partial charge in [-0.1, -0.05) is 29.3 Å². The average Bonchev–Trinajstić information content (AvgIpc) is 1.99. The number of hydrogen-bond acceptors (Lipinski definition) is 1. The Morgan fingerprint density at radius 3 is 2.14 bits per heavy atom. The monoisotopic (exact) mass is 189 g/mol. The summed E-state index contributed by atoms with van der Waals surface area (Å²) in [7, 11) is 0. The standard InChI is InChI=1S/C13H17O/c1-9-4-10(2)6-12(5-9)13(14)7-11(3)8-13/h4-6,11,14H,3,7-8H2,1-2H3. The number of benzene rings is 1. The van der Waals surface area contributed by atoms with E-state index < -0.39 is 5.60 Å². The summed E-state index contributed by atoms with van der Waals surface area (Å²) in [5.74, 6) is 0.417. The second-order valence-corrected chi connectivity index (χ2v) is 4.68. The SMILES string of the molecule is [CH2]C1CC(O)(c2cc(C)cc(C)c2)C1. The van der Waals surface area contributed by atoms with Gasteiger partial charge in [-0.15, -0.1) is 0 Å². The molecule has 1 heteroatoms. The van der Waals surface area contributed by atoms with Gasteiger partial charge in [0.05, 0.1) is 5.60 Å². The lowest BCUT2D eigenvalue weighted by Gasteiger charge is -2.42. The van der Waals surface area contributed by atoms with E-state index in [9.17, 15) is 5.11 Å². The van der Waals surface area contributed by atoms with Crippen LogP contribution in [0.5, 0.6) is 0 Å². The van der Waals surface area contributed by atoms with Crippen molar-refractivity contribution in [1.82, 2.24) is 0 Å². The van der Waals surface area contributed by atoms with Crippen molar-refractivity contribution in [2.75, 3.05) is 0 Å². The quantitative estimate of drug-likeness (QED) is 0.720. The summed E-state index contributed by atoms with van der Waals surface area (Å²) in [6, 6.07) is 6.30. The second kappa shape index (κ2) is 3.09. The predicted octanol–water partition coefficient (Wildman–Crippen LogP) is 2.74. The maximum absolute atomic E-state index is 10.3. The van der Waals surface area contributed by atoms with Gasteiger partial charge in [-0.3, -0.25) is 0 Å². The molecule has 0 amide bonds. The van der Waals surface area contributed by atoms with Gasteiger partial charge in [-0.25, -0.2) is 0 Å². The van der Waals surface area contributed by atoms with Crippen LogP contribution in [0.15, 0.2) is 18.2 Å². The highest BCUT2D eigenvalue weighted by Crippen LogP contribution is 2.45. The molecule has 1 saturated carbocycles. The zero-order chi connectivity index (χ0) is 10.3. The van der Waals surface area contributed by atoms with E-state index in [0.717, 1.165) is 18.4 Å². The largest absolute Gasteiger partial charge is 0.385 e. The van der Waals surface area contributed by atoms with Crippen molar-refractivity contribution in [2.24, 2.45) is 5.92 Å². The van der Waals surface area contributed by atoms with E-state index in [4.69, 9.17) is 0 Å². The van der Waals surface area contributed by atoms with Crippen molar-refractivity contribution in [3.8, 4) is 0 Å². The Labute approximate surface area is 85.8 Å². The first kappa shape index (κ1) is 9.72. The summed E-state index contributed by atoms with van der Waals surface area (Å²) < 4.78 is 0. The van der Waals surface area contributed by atoms with Crippen molar-refractivity contribution in [2.45, 2.75) is 32.3 Å². The maximum Gasteiger partial charge on any atom is 0.0902 e. The van der Waals surface area contributed by atoms with Crippen LogP contribution in [-0.4, -0.2) is 5.11 Å². The van der Waals surface area contributed by atoms with Crippen LogP contribution in [0.2, 0.25) is 0 Å². The van der Waals surface area contributed by atoms with Crippen molar-refractivity contribution < 1.29 is 5.11 Å². The Bertz CT molecular complexity index is 328. The normalized spacial score (nSPS) is 31.3. The van der Waals surface area contributed by atoms with Gasteiger partial charge in [0.15, 0.2) is 0 Å². The van der Waals surface area contributed by atoms with Crippen LogP contribution < -0.4 is 0 Å². The van der Waals surface area contributed by atoms with Crippen molar-refractivity contribution in [3.05, 3.63) is 41.8 Å². The van der Waals surface area contributed by atoms with Crippen molar-refractivity contribution >= 4 is 0 Å². The molecule has 2 rings (SSSR count). The molecule has 1 aromatic rings. The molecule has 1 aromatic carbocycles. The van der Waals surface area contributed by atoms with E-state index in [2.05, 4.69) is 39.0 Å². The van der Waals surface area contributed by atoms with Gasteiger partial charge in [-0.2, -0.15) is 0 Å². The first-order valence-corrected chi connectivity index (χ1v) is 5.14. The molecule has 0 spiro atoms. The van der Waals surface area contributed by atoms with E-state index in [0.29, 0.717) is 5.92 Å². The minimum atomic E-state index is -0.594. The van der Waals surface area contributed by atoms with Gasteiger partial charge < -0.3 is 5.11 Å². The van der Waals surface area contributed by atoms with Gasteiger partial charge in [0.25, 0.3) is 0 Å². The summed E-state index contributed by atoms with van der Waals surface area (Å²) in [6.07, 6.45) is 1.60. The fraction of sp³-hybridized carbons (Fsp3) is 0.462. The maximum atomic E-state index is 10.3. The highest BCUT2D eigenvalue weighted by atomic mass is 16.3. The first-order valence-electron chi connectivity index (χ1n) is 5.14. The Morgan fingerprint density at radius 1 is 1.21 bits per heavy atom. The lowest BCUT2D eigenvalue weighted by molar-refractivity contribution is -0.0660. The van der Waals surface area contributed by atoms with Crippen LogP contribution >= 0.6 is 0 Å². The van der Waals surface area contributed by atoms with E-state index in [-0.39, 0.29) is 0 Å². The first-order chi connectivity index (χ1) is 6.49. The van der Waals surface area contributed by atoms with Crippen molar-refractivity contribution in [1.29, 1.82) is 0 Å². The lowest BCUT2D eigenvalue weighted by Crippen LogP contribution is -2.39. The number of aliphatic hydroxyl groups is 1. The van der Waals surface area contributed by atoms with Gasteiger partial charge in [0, 0.05) is 0 Å². The topological polar surface area (TPSA) is 20.2 Å². The lowest BCUT2D eigenvalue weighted by atomic mass is 9.68. The number of rotatable bonds is 1. The zero-order valence-electron chi connectivity index (χ0n) is 8.88. The van der Waals surface area contributed by atoms with Gasteiger partial charge in [0.2, 0.25) is 0 Å². The molecule has 1 aliphatic carbocycles. The van der Waals surface area contributed by atoms with Gasteiger partial charge >= 0.3 is 0 Å². The molecule has 0 aliphatic heterocycles. The highest BCUT2D eigenvalue weighted by Gasteiger charge is 2.41. The summed E-state index contributed by atoms with van der Waals surface area (Å²) in [5.41, 5.74) is 2.92. The third-order valence-corrected chi connectivity index (χ3v) is 3.01. The molecule has 1 fully saturated rings. The van der Waals surface area contributed by atoms with Gasteiger partial charge in [-0.05, 0) is 45.1 Å². The molecule has 0 heterocycles. The Balaban J connectivity index is 2.32. The van der Waals surface area contributed by atoms with Crippen LogP contribution in [0, 0.1) is 26.7 Å². The molecule has 0 atom stereocenters.